The van der Waals surface area contributed by atoms with Crippen LogP contribution in [0.15, 0.2) is 48.7 Å². The fraction of sp³-hybridized carbons (Fsp3) is 0.154. The Morgan fingerprint density at radius 1 is 0.933 bits per heavy atom. The molecule has 0 unspecified atom stereocenters. The van der Waals surface area contributed by atoms with Gasteiger partial charge in [0.2, 0.25) is 0 Å². The average Bonchev–Trinajstić information content (AvgIpc) is 2.30. The quantitative estimate of drug-likeness (QED) is 0.698. The van der Waals surface area contributed by atoms with Crippen molar-refractivity contribution in [3.8, 4) is 11.3 Å². The Balaban J connectivity index is 2.53. The largest absolute Gasteiger partial charge is 0.346 e. The van der Waals surface area contributed by atoms with Crippen molar-refractivity contribution < 1.29 is 0 Å². The van der Waals surface area contributed by atoms with Gasteiger partial charge in [-0.2, -0.15) is 0 Å². The molecule has 2 heteroatoms. The molecule has 15 heavy (non-hydrogen) atoms. The molecule has 0 aliphatic carbocycles. The molecule has 0 atom stereocenters. The van der Waals surface area contributed by atoms with Crippen molar-refractivity contribution in [1.29, 1.82) is 0 Å². The van der Waals surface area contributed by atoms with Crippen LogP contribution in [0.25, 0.3) is 11.3 Å². The molecular formula is C13H14NSi+. The number of pyridine rings is 1. The van der Waals surface area contributed by atoms with Crippen molar-refractivity contribution in [2.24, 2.45) is 0 Å². The molecule has 0 bridgehead atoms. The lowest BCUT2D eigenvalue weighted by atomic mass is 10.1. The average molecular weight is 212 g/mol. The highest BCUT2D eigenvalue weighted by Crippen LogP contribution is 2.14. The first-order chi connectivity index (χ1) is 7.29. The minimum atomic E-state index is -0.429. The lowest BCUT2D eigenvalue weighted by molar-refractivity contribution is 1.33. The summed E-state index contributed by atoms with van der Waals surface area (Å²) in [6.07, 6.45) is 1.85. The van der Waals surface area contributed by atoms with E-state index >= 15 is 0 Å². The molecule has 0 N–H and O–H groups in total. The predicted octanol–water partition coefficient (Wildman–Crippen LogP) is 2.71. The van der Waals surface area contributed by atoms with E-state index in [1.54, 1.807) is 0 Å². The summed E-state index contributed by atoms with van der Waals surface area (Å²) in [5.41, 5.74) is 2.37. The highest BCUT2D eigenvalue weighted by Gasteiger charge is 2.20. The maximum absolute atomic E-state index is 4.41. The number of hydrogen-bond acceptors (Lipinski definition) is 1. The Morgan fingerprint density at radius 3 is 2.33 bits per heavy atom. The van der Waals surface area contributed by atoms with Gasteiger partial charge >= 0.3 is 8.80 Å². The fourth-order valence-corrected chi connectivity index (χ4v) is 2.84. The molecule has 2 aromatic rings. The van der Waals surface area contributed by atoms with E-state index in [4.69, 9.17) is 0 Å². The summed E-state index contributed by atoms with van der Waals surface area (Å²) < 4.78 is 0. The zero-order valence-electron chi connectivity index (χ0n) is 9.07. The third-order valence-electron chi connectivity index (χ3n) is 2.41. The lowest BCUT2D eigenvalue weighted by Gasteiger charge is -2.02. The van der Waals surface area contributed by atoms with Gasteiger partial charge in [-0.1, -0.05) is 18.2 Å². The number of aromatic nitrogens is 1. The van der Waals surface area contributed by atoms with Gasteiger partial charge < -0.3 is 0 Å². The van der Waals surface area contributed by atoms with E-state index < -0.39 is 8.80 Å². The second-order valence-corrected chi connectivity index (χ2v) is 6.30. The molecule has 2 rings (SSSR count). The molecule has 0 saturated carbocycles. The highest BCUT2D eigenvalue weighted by molar-refractivity contribution is 6.72. The molecule has 0 aliphatic heterocycles. The molecule has 1 heterocycles. The molecule has 0 radical (unpaired) electrons. The second kappa shape index (κ2) is 4.40. The summed E-state index contributed by atoms with van der Waals surface area (Å²) in [6.45, 7) is 4.62. The standard InChI is InChI=1S/C13H14NSi/c1-15(2)13-9-4-3-7-11(13)12-8-5-6-10-14-12/h3-10H,1-2H3/q+1. The van der Waals surface area contributed by atoms with Crippen molar-refractivity contribution in [2.45, 2.75) is 13.1 Å². The molecule has 0 aliphatic rings. The van der Waals surface area contributed by atoms with Crippen LogP contribution >= 0.6 is 0 Å². The van der Waals surface area contributed by atoms with Gasteiger partial charge in [-0.3, -0.25) is 4.98 Å². The van der Waals surface area contributed by atoms with Gasteiger partial charge in [0.25, 0.3) is 0 Å². The minimum Gasteiger partial charge on any atom is -0.256 e. The first-order valence-corrected chi connectivity index (χ1v) is 7.60. The number of nitrogens with zero attached hydrogens (tertiary/aromatic N) is 1. The van der Waals surface area contributed by atoms with Crippen LogP contribution in [0.5, 0.6) is 0 Å². The van der Waals surface area contributed by atoms with Gasteiger partial charge in [0, 0.05) is 11.8 Å². The summed E-state index contributed by atoms with van der Waals surface area (Å²) in [5.74, 6) is 0. The Bertz CT molecular complexity index is 437. The summed E-state index contributed by atoms with van der Waals surface area (Å²) >= 11 is 0. The smallest absolute Gasteiger partial charge is 0.256 e. The van der Waals surface area contributed by atoms with Gasteiger partial charge in [0.15, 0.2) is 0 Å². The SMILES string of the molecule is C[Si+](C)c1ccccc1-c1ccccn1. The number of benzene rings is 1. The van der Waals surface area contributed by atoms with Crippen LogP contribution in [0.1, 0.15) is 0 Å². The molecule has 1 nitrogen and oxygen atoms in total. The van der Waals surface area contributed by atoms with Crippen LogP contribution in [-0.4, -0.2) is 13.8 Å². The zero-order valence-corrected chi connectivity index (χ0v) is 10.1. The van der Waals surface area contributed by atoms with Crippen LogP contribution in [0.3, 0.4) is 0 Å². The van der Waals surface area contributed by atoms with E-state index in [1.807, 2.05) is 18.3 Å². The molecule has 0 saturated heterocycles. The van der Waals surface area contributed by atoms with Gasteiger partial charge in [-0.15, -0.1) is 0 Å². The van der Waals surface area contributed by atoms with E-state index in [0.29, 0.717) is 0 Å². The zero-order chi connectivity index (χ0) is 10.7. The van der Waals surface area contributed by atoms with E-state index in [2.05, 4.69) is 48.4 Å². The molecule has 74 valence electrons. The molecule has 0 amide bonds. The van der Waals surface area contributed by atoms with Crippen molar-refractivity contribution in [2.75, 3.05) is 0 Å². The molecule has 0 spiro atoms. The van der Waals surface area contributed by atoms with Crippen molar-refractivity contribution in [1.82, 2.24) is 4.98 Å². The number of rotatable bonds is 2. The summed E-state index contributed by atoms with van der Waals surface area (Å²) in [5, 5.41) is 1.46. The van der Waals surface area contributed by atoms with Crippen molar-refractivity contribution in [3.63, 3.8) is 0 Å². The first kappa shape index (κ1) is 10.1. The summed E-state index contributed by atoms with van der Waals surface area (Å²) in [7, 11) is -0.429. The molecular weight excluding hydrogens is 198 g/mol. The maximum atomic E-state index is 4.41. The van der Waals surface area contributed by atoms with Crippen LogP contribution in [-0.2, 0) is 0 Å². The second-order valence-electron chi connectivity index (χ2n) is 3.76. The molecule has 1 aromatic heterocycles. The van der Waals surface area contributed by atoms with E-state index in [1.165, 1.54) is 10.8 Å². The molecule has 0 fully saturated rings. The van der Waals surface area contributed by atoms with E-state index in [9.17, 15) is 0 Å². The third-order valence-corrected chi connectivity index (χ3v) is 3.92. The normalized spacial score (nSPS) is 10.0. The maximum Gasteiger partial charge on any atom is 0.346 e. The van der Waals surface area contributed by atoms with Gasteiger partial charge in [-0.25, -0.2) is 0 Å². The predicted molar refractivity (Wildman–Crippen MR) is 66.8 cm³/mol. The fourth-order valence-electron chi connectivity index (χ4n) is 1.66. The Kier molecular flexibility index (Phi) is 2.97. The molecule has 1 aromatic carbocycles. The summed E-state index contributed by atoms with van der Waals surface area (Å²) in [4.78, 5) is 4.41. The third kappa shape index (κ3) is 2.15. The van der Waals surface area contributed by atoms with E-state index in [-0.39, 0.29) is 0 Å². The van der Waals surface area contributed by atoms with Gasteiger partial charge in [-0.05, 0) is 24.3 Å². The Morgan fingerprint density at radius 2 is 1.67 bits per heavy atom. The van der Waals surface area contributed by atoms with Crippen molar-refractivity contribution >= 4 is 14.0 Å². The van der Waals surface area contributed by atoms with Crippen LogP contribution in [0.4, 0.5) is 0 Å². The van der Waals surface area contributed by atoms with Crippen LogP contribution in [0.2, 0.25) is 13.1 Å². The summed E-state index contributed by atoms with van der Waals surface area (Å²) in [6, 6.07) is 14.6. The minimum absolute atomic E-state index is 0.429. The monoisotopic (exact) mass is 212 g/mol. The van der Waals surface area contributed by atoms with Crippen LogP contribution in [0, 0.1) is 0 Å². The van der Waals surface area contributed by atoms with E-state index in [0.717, 1.165) is 5.69 Å². The first-order valence-electron chi connectivity index (χ1n) is 5.10. The topological polar surface area (TPSA) is 12.9 Å². The Hall–Kier alpha value is -1.41. The van der Waals surface area contributed by atoms with Gasteiger partial charge in [0.05, 0.1) is 18.8 Å². The van der Waals surface area contributed by atoms with Crippen molar-refractivity contribution in [3.05, 3.63) is 48.7 Å². The van der Waals surface area contributed by atoms with Gasteiger partial charge in [0.1, 0.15) is 5.19 Å². The number of hydrogen-bond donors (Lipinski definition) is 0. The lowest BCUT2D eigenvalue weighted by Crippen LogP contribution is -2.24. The highest BCUT2D eigenvalue weighted by atomic mass is 28.3. The Labute approximate surface area is 92.4 Å². The van der Waals surface area contributed by atoms with Crippen LogP contribution < -0.4 is 5.19 Å².